The molecule has 1 amide bonds. The number of oxazole rings is 1. The molecule has 3 heterocycles. The van der Waals surface area contributed by atoms with Crippen molar-refractivity contribution in [2.45, 2.75) is 25.4 Å². The first-order valence-corrected chi connectivity index (χ1v) is 9.28. The Kier molecular flexibility index (Phi) is 4.94. The van der Waals surface area contributed by atoms with Crippen LogP contribution in [0.15, 0.2) is 41.0 Å². The highest BCUT2D eigenvalue weighted by atomic mass is 16.5. The highest BCUT2D eigenvalue weighted by Crippen LogP contribution is 2.33. The number of rotatable bonds is 4. The van der Waals surface area contributed by atoms with E-state index in [9.17, 15) is 14.7 Å². The Hall–Kier alpha value is -2.67. The van der Waals surface area contributed by atoms with Gasteiger partial charge in [0.15, 0.2) is 5.69 Å². The molecule has 2 saturated heterocycles. The van der Waals surface area contributed by atoms with Crippen molar-refractivity contribution in [1.82, 2.24) is 9.88 Å². The van der Waals surface area contributed by atoms with Gasteiger partial charge in [0, 0.05) is 25.3 Å². The van der Waals surface area contributed by atoms with E-state index in [0.29, 0.717) is 37.7 Å². The van der Waals surface area contributed by atoms with Gasteiger partial charge in [0.05, 0.1) is 12.0 Å². The number of carboxylic acids is 1. The second kappa shape index (κ2) is 7.52. The van der Waals surface area contributed by atoms with Crippen LogP contribution >= 0.6 is 0 Å². The molecule has 0 radical (unpaired) electrons. The second-order valence-corrected chi connectivity index (χ2v) is 7.10. The predicted octanol–water partition coefficient (Wildman–Crippen LogP) is 2.68. The van der Waals surface area contributed by atoms with Gasteiger partial charge in [0.2, 0.25) is 5.89 Å². The molecule has 0 spiro atoms. The third kappa shape index (κ3) is 3.60. The standard InChI is InChI=1S/C20H22N2O5/c23-19(16-12-27-18(21-16)14-4-2-1-3-5-14)22-9-6-13(7-10-22)17-15(20(24)25)8-11-26-17/h1-5,12-13,15,17H,6-11H2,(H,24,25)/t15?,17-/m0/s1. The Morgan fingerprint density at radius 1 is 1.11 bits per heavy atom. The molecule has 2 atom stereocenters. The van der Waals surface area contributed by atoms with Crippen molar-refractivity contribution in [3.63, 3.8) is 0 Å². The first-order chi connectivity index (χ1) is 13.1. The van der Waals surface area contributed by atoms with Gasteiger partial charge in [-0.2, -0.15) is 0 Å². The zero-order chi connectivity index (χ0) is 18.8. The van der Waals surface area contributed by atoms with Crippen LogP contribution < -0.4 is 0 Å². The fraction of sp³-hybridized carbons (Fsp3) is 0.450. The summed E-state index contributed by atoms with van der Waals surface area (Å²) in [6.07, 6.45) is 3.21. The second-order valence-electron chi connectivity index (χ2n) is 7.10. The molecule has 4 rings (SSSR count). The molecule has 0 bridgehead atoms. The molecular weight excluding hydrogens is 348 g/mol. The molecule has 0 saturated carbocycles. The van der Waals surface area contributed by atoms with E-state index in [2.05, 4.69) is 4.98 Å². The van der Waals surface area contributed by atoms with Gasteiger partial charge in [-0.05, 0) is 37.3 Å². The molecule has 1 N–H and O–H groups in total. The molecule has 0 aliphatic carbocycles. The van der Waals surface area contributed by atoms with E-state index in [1.54, 1.807) is 4.90 Å². The Balaban J connectivity index is 1.38. The maximum Gasteiger partial charge on any atom is 0.309 e. The van der Waals surface area contributed by atoms with Crippen LogP contribution in [0.2, 0.25) is 0 Å². The van der Waals surface area contributed by atoms with Crippen molar-refractivity contribution < 1.29 is 23.8 Å². The van der Waals surface area contributed by atoms with Crippen LogP contribution in [0.4, 0.5) is 0 Å². The molecule has 1 aromatic heterocycles. The topological polar surface area (TPSA) is 92.9 Å². The minimum absolute atomic E-state index is 0.151. The van der Waals surface area contributed by atoms with Crippen LogP contribution in [0.1, 0.15) is 29.8 Å². The minimum Gasteiger partial charge on any atom is -0.481 e. The minimum atomic E-state index is -0.785. The fourth-order valence-electron chi connectivity index (χ4n) is 4.02. The summed E-state index contributed by atoms with van der Waals surface area (Å²) in [6, 6.07) is 9.45. The average molecular weight is 370 g/mol. The molecular formula is C20H22N2O5. The van der Waals surface area contributed by atoms with Crippen molar-refractivity contribution in [2.75, 3.05) is 19.7 Å². The van der Waals surface area contributed by atoms with Crippen molar-refractivity contribution in [1.29, 1.82) is 0 Å². The van der Waals surface area contributed by atoms with Gasteiger partial charge in [-0.1, -0.05) is 18.2 Å². The molecule has 1 unspecified atom stereocenters. The van der Waals surface area contributed by atoms with E-state index < -0.39 is 11.9 Å². The highest BCUT2D eigenvalue weighted by Gasteiger charge is 2.41. The van der Waals surface area contributed by atoms with Crippen molar-refractivity contribution in [3.8, 4) is 11.5 Å². The summed E-state index contributed by atoms with van der Waals surface area (Å²) in [6.45, 7) is 1.65. The van der Waals surface area contributed by atoms with Crippen LogP contribution in [0.3, 0.4) is 0 Å². The lowest BCUT2D eigenvalue weighted by Gasteiger charge is -2.35. The van der Waals surface area contributed by atoms with Gasteiger partial charge < -0.3 is 19.2 Å². The lowest BCUT2D eigenvalue weighted by molar-refractivity contribution is -0.145. The molecule has 2 aliphatic heterocycles. The number of amides is 1. The van der Waals surface area contributed by atoms with Crippen LogP contribution in [-0.2, 0) is 9.53 Å². The van der Waals surface area contributed by atoms with Gasteiger partial charge in [-0.15, -0.1) is 0 Å². The molecule has 27 heavy (non-hydrogen) atoms. The number of piperidine rings is 1. The van der Waals surface area contributed by atoms with E-state index in [1.165, 1.54) is 6.26 Å². The van der Waals surface area contributed by atoms with Crippen LogP contribution in [0.5, 0.6) is 0 Å². The Labute approximate surface area is 156 Å². The van der Waals surface area contributed by atoms with Gasteiger partial charge in [0.25, 0.3) is 5.91 Å². The van der Waals surface area contributed by atoms with Gasteiger partial charge >= 0.3 is 5.97 Å². The Bertz CT molecular complexity index is 811. The monoisotopic (exact) mass is 370 g/mol. The number of aromatic nitrogens is 1. The van der Waals surface area contributed by atoms with Crippen molar-refractivity contribution in [3.05, 3.63) is 42.3 Å². The van der Waals surface area contributed by atoms with Gasteiger partial charge in [-0.25, -0.2) is 4.98 Å². The molecule has 2 aliphatic rings. The molecule has 2 fully saturated rings. The lowest BCUT2D eigenvalue weighted by atomic mass is 9.84. The van der Waals surface area contributed by atoms with Gasteiger partial charge in [-0.3, -0.25) is 9.59 Å². The van der Waals surface area contributed by atoms with Crippen LogP contribution in [0.25, 0.3) is 11.5 Å². The maximum absolute atomic E-state index is 12.7. The predicted molar refractivity (Wildman–Crippen MR) is 96.0 cm³/mol. The summed E-state index contributed by atoms with van der Waals surface area (Å²) in [4.78, 5) is 30.2. The van der Waals surface area contributed by atoms with Gasteiger partial charge in [0.1, 0.15) is 6.26 Å². The zero-order valence-corrected chi connectivity index (χ0v) is 14.9. The third-order valence-electron chi connectivity index (χ3n) is 5.49. The largest absolute Gasteiger partial charge is 0.481 e. The van der Waals surface area contributed by atoms with E-state index in [1.807, 2.05) is 30.3 Å². The summed E-state index contributed by atoms with van der Waals surface area (Å²) in [7, 11) is 0. The van der Waals surface area contributed by atoms with Crippen molar-refractivity contribution in [2.24, 2.45) is 11.8 Å². The number of likely N-dealkylation sites (tertiary alicyclic amines) is 1. The number of benzene rings is 1. The van der Waals surface area contributed by atoms with Crippen LogP contribution in [0, 0.1) is 11.8 Å². The summed E-state index contributed by atoms with van der Waals surface area (Å²) >= 11 is 0. The molecule has 142 valence electrons. The smallest absolute Gasteiger partial charge is 0.309 e. The average Bonchev–Trinajstić information content (AvgIpc) is 3.38. The molecule has 2 aromatic rings. The first kappa shape index (κ1) is 17.7. The normalized spacial score (nSPS) is 23.5. The fourth-order valence-corrected chi connectivity index (χ4v) is 4.02. The summed E-state index contributed by atoms with van der Waals surface area (Å²) < 4.78 is 11.1. The van der Waals surface area contributed by atoms with E-state index in [4.69, 9.17) is 9.15 Å². The molecule has 1 aromatic carbocycles. The number of hydrogen-bond donors (Lipinski definition) is 1. The summed E-state index contributed by atoms with van der Waals surface area (Å²) in [5.41, 5.74) is 1.13. The number of nitrogens with zero attached hydrogens (tertiary/aromatic N) is 2. The van der Waals surface area contributed by atoms with E-state index in [0.717, 1.165) is 18.4 Å². The number of carbonyl (C=O) groups excluding carboxylic acids is 1. The zero-order valence-electron chi connectivity index (χ0n) is 14.9. The van der Waals surface area contributed by atoms with Crippen LogP contribution in [-0.4, -0.2) is 52.7 Å². The van der Waals surface area contributed by atoms with Crippen molar-refractivity contribution >= 4 is 11.9 Å². The lowest BCUT2D eigenvalue weighted by Crippen LogP contribution is -2.43. The Morgan fingerprint density at radius 2 is 1.85 bits per heavy atom. The summed E-state index contributed by atoms with van der Waals surface area (Å²) in [5.74, 6) is -0.762. The third-order valence-corrected chi connectivity index (χ3v) is 5.49. The van der Waals surface area contributed by atoms with E-state index in [-0.39, 0.29) is 17.9 Å². The molecule has 7 nitrogen and oxygen atoms in total. The number of carboxylic acid groups (broad SMARTS) is 1. The summed E-state index contributed by atoms with van der Waals surface area (Å²) in [5, 5.41) is 9.34. The molecule has 7 heteroatoms. The SMILES string of the molecule is O=C(O)C1CCO[C@H]1C1CCN(C(=O)c2coc(-c3ccccc3)n2)CC1. The Morgan fingerprint density at radius 3 is 2.56 bits per heavy atom. The first-order valence-electron chi connectivity index (χ1n) is 9.28. The number of aliphatic carboxylic acids is 1. The quantitative estimate of drug-likeness (QED) is 0.889. The number of carbonyl (C=O) groups is 2. The maximum atomic E-state index is 12.7. The van der Waals surface area contributed by atoms with E-state index >= 15 is 0 Å². The number of ether oxygens (including phenoxy) is 1. The highest BCUT2D eigenvalue weighted by molar-refractivity contribution is 5.92. The number of hydrogen-bond acceptors (Lipinski definition) is 5.